The van der Waals surface area contributed by atoms with E-state index in [0.29, 0.717) is 30.0 Å². The lowest BCUT2D eigenvalue weighted by molar-refractivity contribution is 0.192. The van der Waals surface area contributed by atoms with Crippen LogP contribution in [0.3, 0.4) is 0 Å². The normalized spacial score (nSPS) is 15.5. The smallest absolute Gasteiger partial charge is 0.322 e. The lowest BCUT2D eigenvalue weighted by atomic mass is 9.92. The first-order chi connectivity index (χ1) is 15.2. The third kappa shape index (κ3) is 3.40. The number of aromatic nitrogens is 1. The van der Waals surface area contributed by atoms with Crippen molar-refractivity contribution in [3.8, 4) is 5.75 Å². The Morgan fingerprint density at radius 3 is 2.58 bits per heavy atom. The lowest BCUT2D eigenvalue weighted by Crippen LogP contribution is -2.43. The van der Waals surface area contributed by atoms with E-state index in [4.69, 9.17) is 4.74 Å². The van der Waals surface area contributed by atoms with Gasteiger partial charge in [0, 0.05) is 34.4 Å². The predicted molar refractivity (Wildman–Crippen MR) is 119 cm³/mol. The van der Waals surface area contributed by atoms with E-state index in [0.717, 1.165) is 22.2 Å². The third-order valence-electron chi connectivity index (χ3n) is 5.84. The van der Waals surface area contributed by atoms with Crippen LogP contribution in [0.2, 0.25) is 0 Å². The quantitative estimate of drug-likeness (QED) is 0.465. The summed E-state index contributed by atoms with van der Waals surface area (Å²) in [5, 5.41) is 4.06. The Hall–Kier alpha value is -3.80. The number of carbonyl (C=O) groups is 1. The zero-order chi connectivity index (χ0) is 21.4. The van der Waals surface area contributed by atoms with Gasteiger partial charge in [0.2, 0.25) is 0 Å². The fraction of sp³-hybridized carbons (Fsp3) is 0.160. The molecule has 2 heterocycles. The Bertz CT molecular complexity index is 1250. The maximum absolute atomic E-state index is 14.9. The Balaban J connectivity index is 1.56. The molecule has 2 N–H and O–H groups in total. The SMILES string of the molecule is COc1ccc(NC(=O)N2CCc3c([nH]c4ccccc34)C2c2ccccc2F)cc1. The predicted octanol–water partition coefficient (Wildman–Crippen LogP) is 5.50. The molecule has 0 aliphatic carbocycles. The van der Waals surface area contributed by atoms with Crippen LogP contribution in [-0.4, -0.2) is 29.6 Å². The highest BCUT2D eigenvalue weighted by Crippen LogP contribution is 2.39. The van der Waals surface area contributed by atoms with Crippen LogP contribution >= 0.6 is 0 Å². The number of methoxy groups -OCH3 is 1. The van der Waals surface area contributed by atoms with Crippen molar-refractivity contribution >= 4 is 22.6 Å². The number of rotatable bonds is 3. The third-order valence-corrected chi connectivity index (χ3v) is 5.84. The van der Waals surface area contributed by atoms with Crippen LogP contribution in [0, 0.1) is 5.82 Å². The Kier molecular flexibility index (Phi) is 4.82. The van der Waals surface area contributed by atoms with Gasteiger partial charge < -0.3 is 19.9 Å². The second-order valence-electron chi connectivity index (χ2n) is 7.59. The number of nitrogens with zero attached hydrogens (tertiary/aromatic N) is 1. The maximum Gasteiger partial charge on any atom is 0.322 e. The molecule has 1 aromatic heterocycles. The highest BCUT2D eigenvalue weighted by Gasteiger charge is 2.35. The molecule has 0 fully saturated rings. The first-order valence-corrected chi connectivity index (χ1v) is 10.2. The number of para-hydroxylation sites is 1. The van der Waals surface area contributed by atoms with Crippen molar-refractivity contribution in [1.29, 1.82) is 0 Å². The molecule has 1 atom stereocenters. The second-order valence-corrected chi connectivity index (χ2v) is 7.59. The summed E-state index contributed by atoms with van der Waals surface area (Å²) in [5.74, 6) is 0.379. The van der Waals surface area contributed by atoms with E-state index in [1.54, 1.807) is 54.5 Å². The number of ether oxygens (including phenoxy) is 1. The Morgan fingerprint density at radius 1 is 1.06 bits per heavy atom. The minimum Gasteiger partial charge on any atom is -0.497 e. The monoisotopic (exact) mass is 415 g/mol. The first kappa shape index (κ1) is 19.2. The van der Waals surface area contributed by atoms with Crippen LogP contribution < -0.4 is 10.1 Å². The molecule has 31 heavy (non-hydrogen) atoms. The summed E-state index contributed by atoms with van der Waals surface area (Å²) in [6.45, 7) is 0.482. The van der Waals surface area contributed by atoms with Gasteiger partial charge in [-0.2, -0.15) is 0 Å². The molecular weight excluding hydrogens is 393 g/mol. The summed E-state index contributed by atoms with van der Waals surface area (Å²) in [4.78, 5) is 18.4. The number of anilines is 1. The van der Waals surface area contributed by atoms with Gasteiger partial charge in [-0.3, -0.25) is 0 Å². The molecule has 0 saturated carbocycles. The highest BCUT2D eigenvalue weighted by atomic mass is 19.1. The van der Waals surface area contributed by atoms with Crippen molar-refractivity contribution in [3.05, 3.63) is 95.4 Å². The van der Waals surface area contributed by atoms with Crippen LogP contribution in [0.1, 0.15) is 22.9 Å². The zero-order valence-corrected chi connectivity index (χ0v) is 17.1. The van der Waals surface area contributed by atoms with Gasteiger partial charge in [-0.05, 0) is 48.4 Å². The van der Waals surface area contributed by atoms with Crippen molar-refractivity contribution in [1.82, 2.24) is 9.88 Å². The number of urea groups is 1. The van der Waals surface area contributed by atoms with Crippen LogP contribution in [-0.2, 0) is 6.42 Å². The topological polar surface area (TPSA) is 57.4 Å². The van der Waals surface area contributed by atoms with Gasteiger partial charge in [-0.25, -0.2) is 9.18 Å². The molecule has 2 amide bonds. The van der Waals surface area contributed by atoms with Crippen molar-refractivity contribution in [3.63, 3.8) is 0 Å². The summed E-state index contributed by atoms with van der Waals surface area (Å²) in [5.41, 5.74) is 4.12. The van der Waals surface area contributed by atoms with Gasteiger partial charge in [0.05, 0.1) is 7.11 Å². The molecule has 0 saturated heterocycles. The molecule has 156 valence electrons. The van der Waals surface area contributed by atoms with E-state index in [1.165, 1.54) is 6.07 Å². The molecule has 3 aromatic carbocycles. The molecule has 5 rings (SSSR count). The number of carbonyl (C=O) groups excluding carboxylic acids is 1. The number of fused-ring (bicyclic) bond motifs is 3. The first-order valence-electron chi connectivity index (χ1n) is 10.2. The van der Waals surface area contributed by atoms with E-state index < -0.39 is 6.04 Å². The summed E-state index contributed by atoms with van der Waals surface area (Å²) >= 11 is 0. The number of hydrogen-bond donors (Lipinski definition) is 2. The molecular formula is C25H22FN3O2. The van der Waals surface area contributed by atoms with Crippen molar-refractivity contribution in [2.24, 2.45) is 0 Å². The minimum absolute atomic E-state index is 0.275. The number of benzene rings is 3. The number of hydrogen-bond acceptors (Lipinski definition) is 2. The molecule has 4 aromatic rings. The van der Waals surface area contributed by atoms with Crippen molar-refractivity contribution < 1.29 is 13.9 Å². The molecule has 1 unspecified atom stereocenters. The second kappa shape index (κ2) is 7.80. The number of amides is 2. The number of nitrogens with one attached hydrogen (secondary N) is 2. The van der Waals surface area contributed by atoms with Crippen LogP contribution in [0.4, 0.5) is 14.9 Å². The summed E-state index contributed by atoms with van der Waals surface area (Å²) in [6.07, 6.45) is 0.695. The van der Waals surface area contributed by atoms with Gasteiger partial charge in [0.1, 0.15) is 17.6 Å². The van der Waals surface area contributed by atoms with Gasteiger partial charge in [0.25, 0.3) is 0 Å². The van der Waals surface area contributed by atoms with E-state index >= 15 is 0 Å². The van der Waals surface area contributed by atoms with E-state index in [9.17, 15) is 9.18 Å². The molecule has 0 radical (unpaired) electrons. The largest absolute Gasteiger partial charge is 0.497 e. The average molecular weight is 415 g/mol. The van der Waals surface area contributed by atoms with E-state index in [-0.39, 0.29) is 11.8 Å². The van der Waals surface area contributed by atoms with Crippen LogP contribution in [0.25, 0.3) is 10.9 Å². The molecule has 5 nitrogen and oxygen atoms in total. The van der Waals surface area contributed by atoms with E-state index in [1.807, 2.05) is 18.2 Å². The Morgan fingerprint density at radius 2 is 1.81 bits per heavy atom. The number of halogens is 1. The zero-order valence-electron chi connectivity index (χ0n) is 17.1. The fourth-order valence-electron chi connectivity index (χ4n) is 4.35. The van der Waals surface area contributed by atoms with Crippen LogP contribution in [0.5, 0.6) is 5.75 Å². The number of aromatic amines is 1. The van der Waals surface area contributed by atoms with Gasteiger partial charge in [-0.1, -0.05) is 36.4 Å². The van der Waals surface area contributed by atoms with Crippen molar-refractivity contribution in [2.45, 2.75) is 12.5 Å². The summed E-state index contributed by atoms with van der Waals surface area (Å²) in [6, 6.07) is 21.0. The molecule has 0 spiro atoms. The molecule has 6 heteroatoms. The lowest BCUT2D eigenvalue weighted by Gasteiger charge is -2.36. The number of H-pyrrole nitrogens is 1. The average Bonchev–Trinajstić information content (AvgIpc) is 3.18. The molecule has 0 bridgehead atoms. The minimum atomic E-state index is -0.546. The molecule has 1 aliphatic rings. The Labute approximate surface area is 179 Å². The van der Waals surface area contributed by atoms with Crippen LogP contribution in [0.15, 0.2) is 72.8 Å². The van der Waals surface area contributed by atoms with E-state index in [2.05, 4.69) is 16.4 Å². The maximum atomic E-state index is 14.9. The highest BCUT2D eigenvalue weighted by molar-refractivity contribution is 5.91. The fourth-order valence-corrected chi connectivity index (χ4v) is 4.35. The van der Waals surface area contributed by atoms with Gasteiger partial charge in [0.15, 0.2) is 0 Å². The summed E-state index contributed by atoms with van der Waals surface area (Å²) in [7, 11) is 1.60. The van der Waals surface area contributed by atoms with Gasteiger partial charge in [-0.15, -0.1) is 0 Å². The van der Waals surface area contributed by atoms with Crippen molar-refractivity contribution in [2.75, 3.05) is 19.0 Å². The molecule has 1 aliphatic heterocycles. The van der Waals surface area contributed by atoms with Gasteiger partial charge >= 0.3 is 6.03 Å². The standard InChI is InChI=1S/C25H22FN3O2/c1-31-17-12-10-16(11-13-17)27-25(30)29-15-14-19-18-6-3-5-9-22(18)28-23(19)24(29)20-7-2-4-8-21(20)26/h2-13,24,28H,14-15H2,1H3,(H,27,30). The summed E-state index contributed by atoms with van der Waals surface area (Å²) < 4.78 is 20.1.